The van der Waals surface area contributed by atoms with Crippen LogP contribution in [-0.4, -0.2) is 20.3 Å². The van der Waals surface area contributed by atoms with Gasteiger partial charge < -0.3 is 15.2 Å². The first-order valence-corrected chi connectivity index (χ1v) is 4.73. The molecule has 2 N–H and O–H groups in total. The highest BCUT2D eigenvalue weighted by Gasteiger charge is 1.99. The molecule has 72 valence electrons. The molecule has 0 saturated heterocycles. The van der Waals surface area contributed by atoms with E-state index in [4.69, 9.17) is 15.2 Å². The van der Waals surface area contributed by atoms with E-state index in [1.807, 2.05) is 18.2 Å². The van der Waals surface area contributed by atoms with E-state index in [0.29, 0.717) is 13.2 Å². The van der Waals surface area contributed by atoms with E-state index in [-0.39, 0.29) is 0 Å². The molecule has 0 aliphatic heterocycles. The average molecular weight is 246 g/mol. The largest absolute Gasteiger partial charge is 0.497 e. The molecule has 0 atom stereocenters. The van der Waals surface area contributed by atoms with Crippen molar-refractivity contribution in [2.24, 2.45) is 5.73 Å². The Kier molecular flexibility index (Phi) is 4.05. The van der Waals surface area contributed by atoms with Crippen LogP contribution in [0.3, 0.4) is 0 Å². The van der Waals surface area contributed by atoms with Gasteiger partial charge in [-0.15, -0.1) is 0 Å². The van der Waals surface area contributed by atoms with Crippen molar-refractivity contribution in [1.82, 2.24) is 0 Å². The molecular weight excluding hydrogens is 234 g/mol. The minimum atomic E-state index is 0.509. The van der Waals surface area contributed by atoms with E-state index in [1.54, 1.807) is 7.11 Å². The molecule has 0 unspecified atom stereocenters. The topological polar surface area (TPSA) is 44.5 Å². The van der Waals surface area contributed by atoms with Crippen LogP contribution in [0.2, 0.25) is 0 Å². The Bertz CT molecular complexity index is 278. The maximum atomic E-state index is 5.34. The number of ether oxygens (including phenoxy) is 2. The first kappa shape index (κ1) is 10.3. The van der Waals surface area contributed by atoms with E-state index in [1.165, 1.54) is 0 Å². The molecule has 0 aliphatic rings. The van der Waals surface area contributed by atoms with Crippen LogP contribution < -0.4 is 15.2 Å². The number of hydrogen-bond donors (Lipinski definition) is 1. The lowest BCUT2D eigenvalue weighted by atomic mass is 10.3. The number of benzene rings is 1. The Morgan fingerprint density at radius 1 is 1.31 bits per heavy atom. The molecule has 0 radical (unpaired) electrons. The van der Waals surface area contributed by atoms with Crippen LogP contribution in [-0.2, 0) is 0 Å². The van der Waals surface area contributed by atoms with E-state index >= 15 is 0 Å². The van der Waals surface area contributed by atoms with Crippen molar-refractivity contribution in [3.8, 4) is 11.5 Å². The molecule has 4 heteroatoms. The highest BCUT2D eigenvalue weighted by Crippen LogP contribution is 2.25. The fraction of sp³-hybridized carbons (Fsp3) is 0.333. The van der Waals surface area contributed by atoms with Gasteiger partial charge in [-0.25, -0.2) is 0 Å². The van der Waals surface area contributed by atoms with Gasteiger partial charge in [0.25, 0.3) is 0 Å². The second-order valence-electron chi connectivity index (χ2n) is 2.46. The van der Waals surface area contributed by atoms with Crippen LogP contribution in [0.25, 0.3) is 0 Å². The van der Waals surface area contributed by atoms with Gasteiger partial charge in [-0.3, -0.25) is 0 Å². The molecule has 0 amide bonds. The number of halogens is 1. The Morgan fingerprint density at radius 2 is 2.00 bits per heavy atom. The fourth-order valence-electron chi connectivity index (χ4n) is 0.915. The first-order chi connectivity index (χ1) is 6.26. The summed E-state index contributed by atoms with van der Waals surface area (Å²) in [4.78, 5) is 0. The Labute approximate surface area is 86.0 Å². The second-order valence-corrected chi connectivity index (χ2v) is 3.38. The summed E-state index contributed by atoms with van der Waals surface area (Å²) >= 11 is 3.35. The van der Waals surface area contributed by atoms with Crippen LogP contribution in [0.4, 0.5) is 0 Å². The van der Waals surface area contributed by atoms with Crippen LogP contribution in [0, 0.1) is 0 Å². The lowest BCUT2D eigenvalue weighted by Crippen LogP contribution is -2.10. The van der Waals surface area contributed by atoms with Crippen molar-refractivity contribution >= 4 is 15.9 Å². The monoisotopic (exact) mass is 245 g/mol. The smallest absolute Gasteiger partial charge is 0.124 e. The maximum absolute atomic E-state index is 5.34. The average Bonchev–Trinajstić information content (AvgIpc) is 2.14. The Morgan fingerprint density at radius 3 is 2.62 bits per heavy atom. The quantitative estimate of drug-likeness (QED) is 0.880. The Hall–Kier alpha value is -0.740. The number of nitrogens with two attached hydrogens (primary N) is 1. The SMILES string of the molecule is COc1cc(Br)cc(OCCN)c1. The van der Waals surface area contributed by atoms with Gasteiger partial charge in [-0.1, -0.05) is 15.9 Å². The molecule has 0 heterocycles. The molecule has 0 aliphatic carbocycles. The standard InChI is InChI=1S/C9H12BrNO2/c1-12-8-4-7(10)5-9(6-8)13-3-2-11/h4-6H,2-3,11H2,1H3. The third-order valence-electron chi connectivity index (χ3n) is 1.47. The number of hydrogen-bond acceptors (Lipinski definition) is 3. The molecule has 0 saturated carbocycles. The van der Waals surface area contributed by atoms with Crippen molar-refractivity contribution in [2.75, 3.05) is 20.3 Å². The molecule has 3 nitrogen and oxygen atoms in total. The maximum Gasteiger partial charge on any atom is 0.124 e. The summed E-state index contributed by atoms with van der Waals surface area (Å²) in [6.45, 7) is 1.02. The Balaban J connectivity index is 2.76. The van der Waals surface area contributed by atoms with Crippen molar-refractivity contribution in [2.45, 2.75) is 0 Å². The third kappa shape index (κ3) is 3.24. The van der Waals surface area contributed by atoms with Gasteiger partial charge in [0.05, 0.1) is 7.11 Å². The van der Waals surface area contributed by atoms with Crippen molar-refractivity contribution in [3.63, 3.8) is 0 Å². The molecule has 0 fully saturated rings. The lowest BCUT2D eigenvalue weighted by molar-refractivity contribution is 0.324. The minimum absolute atomic E-state index is 0.509. The van der Waals surface area contributed by atoms with Gasteiger partial charge in [0, 0.05) is 17.1 Å². The molecule has 0 aromatic heterocycles. The van der Waals surface area contributed by atoms with Gasteiger partial charge in [0.15, 0.2) is 0 Å². The molecular formula is C9H12BrNO2. The van der Waals surface area contributed by atoms with Crippen LogP contribution >= 0.6 is 15.9 Å². The zero-order valence-electron chi connectivity index (χ0n) is 7.42. The summed E-state index contributed by atoms with van der Waals surface area (Å²) in [5.74, 6) is 1.53. The number of rotatable bonds is 4. The van der Waals surface area contributed by atoms with Gasteiger partial charge in [0.1, 0.15) is 18.1 Å². The van der Waals surface area contributed by atoms with E-state index in [9.17, 15) is 0 Å². The van der Waals surface area contributed by atoms with Crippen LogP contribution in [0.5, 0.6) is 11.5 Å². The zero-order valence-corrected chi connectivity index (χ0v) is 9.00. The second kappa shape index (κ2) is 5.09. The van der Waals surface area contributed by atoms with Crippen molar-refractivity contribution in [1.29, 1.82) is 0 Å². The molecule has 0 spiro atoms. The summed E-state index contributed by atoms with van der Waals surface area (Å²) in [6, 6.07) is 5.56. The molecule has 0 bridgehead atoms. The van der Waals surface area contributed by atoms with Gasteiger partial charge in [-0.05, 0) is 12.1 Å². The predicted octanol–water partition coefficient (Wildman–Crippen LogP) is 1.80. The van der Waals surface area contributed by atoms with Gasteiger partial charge >= 0.3 is 0 Å². The summed E-state index contributed by atoms with van der Waals surface area (Å²) in [6.07, 6.45) is 0. The summed E-state index contributed by atoms with van der Waals surface area (Å²) in [5.41, 5.74) is 5.32. The van der Waals surface area contributed by atoms with Crippen molar-refractivity contribution in [3.05, 3.63) is 22.7 Å². The summed E-state index contributed by atoms with van der Waals surface area (Å²) in [7, 11) is 1.62. The third-order valence-corrected chi connectivity index (χ3v) is 1.92. The molecule has 13 heavy (non-hydrogen) atoms. The zero-order chi connectivity index (χ0) is 9.68. The number of methoxy groups -OCH3 is 1. The highest BCUT2D eigenvalue weighted by molar-refractivity contribution is 9.10. The highest BCUT2D eigenvalue weighted by atomic mass is 79.9. The van der Waals surface area contributed by atoms with E-state index in [2.05, 4.69) is 15.9 Å². The van der Waals surface area contributed by atoms with Gasteiger partial charge in [-0.2, -0.15) is 0 Å². The summed E-state index contributed by atoms with van der Waals surface area (Å²) in [5, 5.41) is 0. The minimum Gasteiger partial charge on any atom is -0.497 e. The van der Waals surface area contributed by atoms with E-state index in [0.717, 1.165) is 16.0 Å². The first-order valence-electron chi connectivity index (χ1n) is 3.93. The fourth-order valence-corrected chi connectivity index (χ4v) is 1.37. The van der Waals surface area contributed by atoms with E-state index < -0.39 is 0 Å². The van der Waals surface area contributed by atoms with Crippen LogP contribution in [0.15, 0.2) is 22.7 Å². The van der Waals surface area contributed by atoms with Gasteiger partial charge in [0.2, 0.25) is 0 Å². The van der Waals surface area contributed by atoms with Crippen molar-refractivity contribution < 1.29 is 9.47 Å². The molecule has 1 aromatic rings. The summed E-state index contributed by atoms with van der Waals surface area (Å²) < 4.78 is 11.3. The van der Waals surface area contributed by atoms with Crippen LogP contribution in [0.1, 0.15) is 0 Å². The molecule has 1 rings (SSSR count). The molecule has 1 aromatic carbocycles. The normalized spacial score (nSPS) is 9.77. The lowest BCUT2D eigenvalue weighted by Gasteiger charge is -2.07. The predicted molar refractivity (Wildman–Crippen MR) is 55.2 cm³/mol.